The molecule has 3 aromatic rings. The fourth-order valence-electron chi connectivity index (χ4n) is 2.62. The van der Waals surface area contributed by atoms with Crippen LogP contribution in [0.1, 0.15) is 11.1 Å². The van der Waals surface area contributed by atoms with Crippen molar-refractivity contribution in [1.29, 1.82) is 0 Å². The molecule has 20 heavy (non-hydrogen) atoms. The van der Waals surface area contributed by atoms with Crippen LogP contribution in [0, 0.1) is 13.8 Å². The zero-order valence-electron chi connectivity index (χ0n) is 11.3. The Balaban J connectivity index is 2.42. The van der Waals surface area contributed by atoms with Gasteiger partial charge in [0.2, 0.25) is 0 Å². The number of aryl methyl sites for hydroxylation is 2. The lowest BCUT2D eigenvalue weighted by molar-refractivity contribution is 0.474. The smallest absolute Gasteiger partial charge is 0.272 e. The zero-order valence-corrected chi connectivity index (χ0v) is 11.3. The molecule has 3 rings (SSSR count). The van der Waals surface area contributed by atoms with Crippen LogP contribution in [0.25, 0.3) is 22.0 Å². The molecule has 0 saturated carbocycles. The van der Waals surface area contributed by atoms with Gasteiger partial charge in [-0.25, -0.2) is 5.10 Å². The Kier molecular flexibility index (Phi) is 2.79. The number of hydrogen-bond donors (Lipinski definition) is 2. The number of aromatic nitrogens is 2. The number of fused-ring (bicyclic) bond motifs is 1. The Morgan fingerprint density at radius 1 is 1.05 bits per heavy atom. The van der Waals surface area contributed by atoms with E-state index < -0.39 is 0 Å². The molecule has 0 aliphatic rings. The molecule has 2 N–H and O–H groups in total. The summed E-state index contributed by atoms with van der Waals surface area (Å²) < 4.78 is 0. The molecule has 4 heteroatoms. The van der Waals surface area contributed by atoms with Crippen molar-refractivity contribution >= 4 is 10.8 Å². The molecule has 1 aromatic heterocycles. The molecule has 1 heterocycles. The lowest BCUT2D eigenvalue weighted by atomic mass is 9.96. The summed E-state index contributed by atoms with van der Waals surface area (Å²) in [5, 5.41) is 17.8. The first-order chi connectivity index (χ1) is 9.58. The highest BCUT2D eigenvalue weighted by atomic mass is 16.3. The Hall–Kier alpha value is -2.62. The predicted molar refractivity (Wildman–Crippen MR) is 78.9 cm³/mol. The van der Waals surface area contributed by atoms with E-state index in [1.165, 1.54) is 0 Å². The van der Waals surface area contributed by atoms with Crippen molar-refractivity contribution in [3.05, 3.63) is 57.9 Å². The van der Waals surface area contributed by atoms with Crippen LogP contribution in [0.2, 0.25) is 0 Å². The Morgan fingerprint density at radius 2 is 1.65 bits per heavy atom. The lowest BCUT2D eigenvalue weighted by Gasteiger charge is -2.11. The summed E-state index contributed by atoms with van der Waals surface area (Å²) in [6.07, 6.45) is 0. The molecule has 0 spiro atoms. The second-order valence-corrected chi connectivity index (χ2v) is 4.90. The average molecular weight is 266 g/mol. The van der Waals surface area contributed by atoms with Gasteiger partial charge in [0.25, 0.3) is 5.56 Å². The van der Waals surface area contributed by atoms with Crippen LogP contribution in [0.3, 0.4) is 0 Å². The maximum absolute atomic E-state index is 11.8. The number of nitrogens with zero attached hydrogens (tertiary/aromatic N) is 1. The summed E-state index contributed by atoms with van der Waals surface area (Å²) in [7, 11) is 0. The summed E-state index contributed by atoms with van der Waals surface area (Å²) in [6, 6.07) is 10.8. The maximum atomic E-state index is 11.8. The van der Waals surface area contributed by atoms with Gasteiger partial charge in [0.1, 0.15) is 5.75 Å². The summed E-state index contributed by atoms with van der Waals surface area (Å²) in [5.74, 6) is 0.234. The van der Waals surface area contributed by atoms with Gasteiger partial charge >= 0.3 is 0 Å². The summed E-state index contributed by atoms with van der Waals surface area (Å²) in [5.41, 5.74) is 3.32. The molecule has 0 bridgehead atoms. The van der Waals surface area contributed by atoms with Crippen molar-refractivity contribution < 1.29 is 5.11 Å². The SMILES string of the molecule is Cc1cc(O)cc(C)c1-c1n[nH]c(=O)c2ccccc12. The predicted octanol–water partition coefficient (Wildman–Crippen LogP) is 2.91. The highest BCUT2D eigenvalue weighted by Crippen LogP contribution is 2.32. The number of aromatic hydroxyl groups is 1. The van der Waals surface area contributed by atoms with Gasteiger partial charge in [-0.1, -0.05) is 18.2 Å². The molecule has 0 atom stereocenters. The number of benzene rings is 2. The molecule has 100 valence electrons. The normalized spacial score (nSPS) is 10.9. The summed E-state index contributed by atoms with van der Waals surface area (Å²) in [4.78, 5) is 11.8. The standard InChI is InChI=1S/C16H14N2O2/c1-9-7-11(19)8-10(2)14(9)15-12-5-3-4-6-13(12)16(20)18-17-15/h3-8,19H,1-2H3,(H,18,20). The molecule has 4 nitrogen and oxygen atoms in total. The minimum absolute atomic E-state index is 0.196. The van der Waals surface area contributed by atoms with Crippen LogP contribution >= 0.6 is 0 Å². The quantitative estimate of drug-likeness (QED) is 0.711. The summed E-state index contributed by atoms with van der Waals surface area (Å²) >= 11 is 0. The largest absolute Gasteiger partial charge is 0.508 e. The highest BCUT2D eigenvalue weighted by molar-refractivity contribution is 5.95. The van der Waals surface area contributed by atoms with Crippen LogP contribution in [-0.4, -0.2) is 15.3 Å². The summed E-state index contributed by atoms with van der Waals surface area (Å²) in [6.45, 7) is 3.84. The van der Waals surface area contributed by atoms with Gasteiger partial charge in [0, 0.05) is 10.9 Å². The first-order valence-electron chi connectivity index (χ1n) is 6.36. The lowest BCUT2D eigenvalue weighted by Crippen LogP contribution is -2.09. The number of H-pyrrole nitrogens is 1. The number of nitrogens with one attached hydrogen (secondary N) is 1. The van der Waals surface area contributed by atoms with Gasteiger partial charge < -0.3 is 5.11 Å². The van der Waals surface area contributed by atoms with Crippen LogP contribution in [0.4, 0.5) is 0 Å². The Labute approximate surface area is 115 Å². The van der Waals surface area contributed by atoms with Crippen molar-refractivity contribution in [2.75, 3.05) is 0 Å². The minimum Gasteiger partial charge on any atom is -0.508 e. The van der Waals surface area contributed by atoms with E-state index in [0.29, 0.717) is 5.39 Å². The third-order valence-corrected chi connectivity index (χ3v) is 3.45. The number of hydrogen-bond acceptors (Lipinski definition) is 3. The van der Waals surface area contributed by atoms with E-state index in [-0.39, 0.29) is 11.3 Å². The van der Waals surface area contributed by atoms with Crippen molar-refractivity contribution in [3.63, 3.8) is 0 Å². The van der Waals surface area contributed by atoms with Crippen LogP contribution in [-0.2, 0) is 0 Å². The zero-order chi connectivity index (χ0) is 14.3. The number of phenols is 1. The van der Waals surface area contributed by atoms with Gasteiger partial charge in [0.15, 0.2) is 0 Å². The molecule has 0 aliphatic carbocycles. The van der Waals surface area contributed by atoms with E-state index in [2.05, 4.69) is 10.2 Å². The number of aromatic amines is 1. The van der Waals surface area contributed by atoms with Crippen molar-refractivity contribution in [1.82, 2.24) is 10.2 Å². The molecule has 2 aromatic carbocycles. The van der Waals surface area contributed by atoms with E-state index in [0.717, 1.165) is 27.8 Å². The first-order valence-corrected chi connectivity index (χ1v) is 6.36. The molecular formula is C16H14N2O2. The minimum atomic E-state index is -0.196. The fourth-order valence-corrected chi connectivity index (χ4v) is 2.62. The highest BCUT2D eigenvalue weighted by Gasteiger charge is 2.13. The van der Waals surface area contributed by atoms with E-state index in [1.807, 2.05) is 32.0 Å². The molecular weight excluding hydrogens is 252 g/mol. The molecule has 0 aliphatic heterocycles. The second-order valence-electron chi connectivity index (χ2n) is 4.90. The van der Waals surface area contributed by atoms with Crippen LogP contribution < -0.4 is 5.56 Å². The van der Waals surface area contributed by atoms with Gasteiger partial charge in [-0.05, 0) is 43.2 Å². The van der Waals surface area contributed by atoms with E-state index in [9.17, 15) is 9.90 Å². The van der Waals surface area contributed by atoms with Crippen molar-refractivity contribution in [2.45, 2.75) is 13.8 Å². The average Bonchev–Trinajstić information content (AvgIpc) is 2.40. The number of rotatable bonds is 1. The monoisotopic (exact) mass is 266 g/mol. The van der Waals surface area contributed by atoms with Gasteiger partial charge in [-0.2, -0.15) is 5.10 Å². The van der Waals surface area contributed by atoms with E-state index in [4.69, 9.17) is 0 Å². The third-order valence-electron chi connectivity index (χ3n) is 3.45. The van der Waals surface area contributed by atoms with Crippen molar-refractivity contribution in [2.24, 2.45) is 0 Å². The van der Waals surface area contributed by atoms with Gasteiger partial charge in [-0.15, -0.1) is 0 Å². The maximum Gasteiger partial charge on any atom is 0.272 e. The van der Waals surface area contributed by atoms with Gasteiger partial charge in [-0.3, -0.25) is 4.79 Å². The Morgan fingerprint density at radius 3 is 2.30 bits per heavy atom. The molecule has 0 unspecified atom stereocenters. The third kappa shape index (κ3) is 1.86. The van der Waals surface area contributed by atoms with Crippen LogP contribution in [0.5, 0.6) is 5.75 Å². The first kappa shape index (κ1) is 12.4. The van der Waals surface area contributed by atoms with E-state index >= 15 is 0 Å². The van der Waals surface area contributed by atoms with Crippen molar-refractivity contribution in [3.8, 4) is 17.0 Å². The van der Waals surface area contributed by atoms with E-state index in [1.54, 1.807) is 18.2 Å². The topological polar surface area (TPSA) is 66.0 Å². The van der Waals surface area contributed by atoms with Crippen LogP contribution in [0.15, 0.2) is 41.2 Å². The second kappa shape index (κ2) is 4.49. The van der Waals surface area contributed by atoms with Gasteiger partial charge in [0.05, 0.1) is 11.1 Å². The number of phenolic OH excluding ortho intramolecular Hbond substituents is 1. The molecule has 0 amide bonds. The molecule has 0 saturated heterocycles. The molecule has 0 radical (unpaired) electrons. The molecule has 0 fully saturated rings. The fraction of sp³-hybridized carbons (Fsp3) is 0.125. The Bertz CT molecular complexity index is 843.